The Bertz CT molecular complexity index is 373. The first kappa shape index (κ1) is 13.7. The fourth-order valence-electron chi connectivity index (χ4n) is 1.29. The van der Waals surface area contributed by atoms with Gasteiger partial charge in [0.15, 0.2) is 0 Å². The lowest BCUT2D eigenvalue weighted by Crippen LogP contribution is -2.41. The van der Waals surface area contributed by atoms with Crippen LogP contribution in [0.25, 0.3) is 0 Å². The van der Waals surface area contributed by atoms with Crippen LogP contribution in [0.4, 0.5) is 0 Å². The van der Waals surface area contributed by atoms with E-state index in [0.717, 1.165) is 0 Å². The topological polar surface area (TPSA) is 84.6 Å². The monoisotopic (exact) mass is 242 g/mol. The summed E-state index contributed by atoms with van der Waals surface area (Å²) in [5.41, 5.74) is -0.607. The molecule has 0 radical (unpaired) electrons. The van der Waals surface area contributed by atoms with Crippen LogP contribution in [0.5, 0.6) is 0 Å². The van der Waals surface area contributed by atoms with Gasteiger partial charge in [0.1, 0.15) is 11.3 Å². The van der Waals surface area contributed by atoms with Crippen LogP contribution >= 0.6 is 0 Å². The molecule has 1 aromatic heterocycles. The van der Waals surface area contributed by atoms with Crippen molar-refractivity contribution in [3.63, 3.8) is 0 Å². The van der Waals surface area contributed by atoms with Crippen LogP contribution in [0, 0.1) is 6.92 Å². The Balaban J connectivity index is 2.45. The van der Waals surface area contributed by atoms with E-state index >= 15 is 0 Å². The smallest absolute Gasteiger partial charge is 0.256 e. The van der Waals surface area contributed by atoms with Crippen molar-refractivity contribution >= 4 is 5.91 Å². The Hall–Kier alpha value is -1.40. The van der Waals surface area contributed by atoms with Crippen LogP contribution in [-0.2, 0) is 4.74 Å². The minimum atomic E-state index is -0.989. The first-order chi connectivity index (χ1) is 7.96. The minimum Gasteiger partial charge on any atom is -0.388 e. The number of nitrogens with zero attached hydrogens (tertiary/aromatic N) is 1. The summed E-state index contributed by atoms with van der Waals surface area (Å²) in [4.78, 5) is 11.7. The fourth-order valence-corrected chi connectivity index (χ4v) is 1.29. The summed E-state index contributed by atoms with van der Waals surface area (Å²) in [5, 5.41) is 16.1. The van der Waals surface area contributed by atoms with E-state index in [-0.39, 0.29) is 12.5 Å². The molecule has 0 aromatic carbocycles. The van der Waals surface area contributed by atoms with E-state index in [0.29, 0.717) is 24.4 Å². The van der Waals surface area contributed by atoms with Crippen molar-refractivity contribution in [2.75, 3.05) is 20.3 Å². The van der Waals surface area contributed by atoms with Crippen molar-refractivity contribution in [2.24, 2.45) is 0 Å². The number of aliphatic hydroxyl groups is 1. The summed E-state index contributed by atoms with van der Waals surface area (Å²) in [7, 11) is 1.56. The number of hydrogen-bond acceptors (Lipinski definition) is 5. The number of ether oxygens (including phenoxy) is 1. The van der Waals surface area contributed by atoms with Gasteiger partial charge in [-0.3, -0.25) is 4.79 Å². The highest BCUT2D eigenvalue weighted by molar-refractivity contribution is 5.94. The molecule has 0 fully saturated rings. The van der Waals surface area contributed by atoms with Crippen LogP contribution < -0.4 is 5.32 Å². The number of aryl methyl sites for hydroxylation is 1. The zero-order valence-electron chi connectivity index (χ0n) is 10.3. The first-order valence-corrected chi connectivity index (χ1v) is 5.37. The second-order valence-electron chi connectivity index (χ2n) is 4.22. The van der Waals surface area contributed by atoms with Gasteiger partial charge >= 0.3 is 0 Å². The Morgan fingerprint density at radius 1 is 1.71 bits per heavy atom. The third-order valence-corrected chi connectivity index (χ3v) is 2.47. The number of rotatable bonds is 6. The normalized spacial score (nSPS) is 14.4. The Morgan fingerprint density at radius 2 is 2.41 bits per heavy atom. The predicted molar refractivity (Wildman–Crippen MR) is 60.7 cm³/mol. The molecular formula is C11H18N2O4. The van der Waals surface area contributed by atoms with Crippen LogP contribution in [0.1, 0.15) is 29.5 Å². The molecule has 1 unspecified atom stereocenters. The van der Waals surface area contributed by atoms with E-state index in [1.54, 1.807) is 21.0 Å². The average molecular weight is 242 g/mol. The molecule has 1 aromatic rings. The number of amides is 1. The maximum absolute atomic E-state index is 11.7. The minimum absolute atomic E-state index is 0.153. The molecule has 1 amide bonds. The van der Waals surface area contributed by atoms with Crippen molar-refractivity contribution in [3.05, 3.63) is 17.5 Å². The molecule has 0 spiro atoms. The van der Waals surface area contributed by atoms with Crippen LogP contribution in [-0.4, -0.2) is 42.0 Å². The van der Waals surface area contributed by atoms with Gasteiger partial charge in [0.05, 0.1) is 11.8 Å². The number of nitrogens with one attached hydrogen (secondary N) is 1. The molecule has 1 heterocycles. The SMILES string of the molecule is COCCC(C)(O)CNC(=O)c1cnoc1C. The molecule has 1 atom stereocenters. The average Bonchev–Trinajstić information content (AvgIpc) is 2.70. The summed E-state index contributed by atoms with van der Waals surface area (Å²) in [6.45, 7) is 3.90. The highest BCUT2D eigenvalue weighted by Crippen LogP contribution is 2.09. The number of aromatic nitrogens is 1. The molecule has 6 heteroatoms. The van der Waals surface area contributed by atoms with E-state index in [2.05, 4.69) is 10.5 Å². The Labute approximate surface area is 99.9 Å². The standard InChI is InChI=1S/C11H18N2O4/c1-8-9(6-13-17-8)10(14)12-7-11(2,15)4-5-16-3/h6,15H,4-5,7H2,1-3H3,(H,12,14). The van der Waals surface area contributed by atoms with E-state index in [9.17, 15) is 9.90 Å². The quantitative estimate of drug-likeness (QED) is 0.758. The lowest BCUT2D eigenvalue weighted by Gasteiger charge is -2.23. The molecule has 0 saturated carbocycles. The van der Waals surface area contributed by atoms with E-state index in [4.69, 9.17) is 9.26 Å². The predicted octanol–water partition coefficient (Wildman–Crippen LogP) is 0.500. The van der Waals surface area contributed by atoms with E-state index < -0.39 is 5.60 Å². The lowest BCUT2D eigenvalue weighted by atomic mass is 10.0. The van der Waals surface area contributed by atoms with Gasteiger partial charge in [-0.1, -0.05) is 5.16 Å². The number of carbonyl (C=O) groups excluding carboxylic acids is 1. The molecular weight excluding hydrogens is 224 g/mol. The first-order valence-electron chi connectivity index (χ1n) is 5.37. The Morgan fingerprint density at radius 3 is 2.94 bits per heavy atom. The van der Waals surface area contributed by atoms with Gasteiger partial charge in [-0.25, -0.2) is 0 Å². The molecule has 1 rings (SSSR count). The lowest BCUT2D eigenvalue weighted by molar-refractivity contribution is 0.0243. The van der Waals surface area contributed by atoms with Crippen LogP contribution in [0.15, 0.2) is 10.7 Å². The van der Waals surface area contributed by atoms with Crippen LogP contribution in [0.3, 0.4) is 0 Å². The summed E-state index contributed by atoms with van der Waals surface area (Å²) >= 11 is 0. The molecule has 0 saturated heterocycles. The zero-order valence-corrected chi connectivity index (χ0v) is 10.3. The van der Waals surface area contributed by atoms with Gasteiger partial charge in [-0.15, -0.1) is 0 Å². The van der Waals surface area contributed by atoms with Crippen molar-refractivity contribution in [1.82, 2.24) is 10.5 Å². The van der Waals surface area contributed by atoms with E-state index in [1.165, 1.54) is 6.20 Å². The van der Waals surface area contributed by atoms with Gasteiger partial charge in [0.25, 0.3) is 5.91 Å². The zero-order chi connectivity index (χ0) is 12.9. The summed E-state index contributed by atoms with van der Waals surface area (Å²) in [6, 6.07) is 0. The van der Waals surface area contributed by atoms with Gasteiger partial charge in [0.2, 0.25) is 0 Å². The van der Waals surface area contributed by atoms with Gasteiger partial charge in [-0.2, -0.15) is 0 Å². The highest BCUT2D eigenvalue weighted by atomic mass is 16.5. The molecule has 0 aliphatic carbocycles. The summed E-state index contributed by atoms with van der Waals surface area (Å²) in [5.74, 6) is 0.153. The third-order valence-electron chi connectivity index (χ3n) is 2.47. The van der Waals surface area contributed by atoms with Gasteiger partial charge in [-0.05, 0) is 13.8 Å². The van der Waals surface area contributed by atoms with Crippen molar-refractivity contribution in [2.45, 2.75) is 25.9 Å². The van der Waals surface area contributed by atoms with Crippen molar-refractivity contribution in [3.8, 4) is 0 Å². The van der Waals surface area contributed by atoms with Crippen molar-refractivity contribution < 1.29 is 19.2 Å². The number of hydrogen-bond donors (Lipinski definition) is 2. The van der Waals surface area contributed by atoms with Gasteiger partial charge in [0, 0.05) is 26.7 Å². The fraction of sp³-hybridized carbons (Fsp3) is 0.636. The number of carbonyl (C=O) groups is 1. The molecule has 17 heavy (non-hydrogen) atoms. The maximum atomic E-state index is 11.7. The molecule has 0 aliphatic heterocycles. The molecule has 2 N–H and O–H groups in total. The molecule has 6 nitrogen and oxygen atoms in total. The largest absolute Gasteiger partial charge is 0.388 e. The van der Waals surface area contributed by atoms with Crippen molar-refractivity contribution in [1.29, 1.82) is 0 Å². The molecule has 0 bridgehead atoms. The Kier molecular flexibility index (Phi) is 4.65. The highest BCUT2D eigenvalue weighted by Gasteiger charge is 2.22. The van der Waals surface area contributed by atoms with Gasteiger partial charge < -0.3 is 19.7 Å². The van der Waals surface area contributed by atoms with E-state index in [1.807, 2.05) is 0 Å². The maximum Gasteiger partial charge on any atom is 0.256 e. The summed E-state index contributed by atoms with van der Waals surface area (Å²) in [6.07, 6.45) is 1.81. The second-order valence-corrected chi connectivity index (χ2v) is 4.22. The molecule has 0 aliphatic rings. The number of methoxy groups -OCH3 is 1. The summed E-state index contributed by atoms with van der Waals surface area (Å²) < 4.78 is 9.67. The molecule has 96 valence electrons. The second kappa shape index (κ2) is 5.79. The third kappa shape index (κ3) is 4.16. The van der Waals surface area contributed by atoms with Crippen LogP contribution in [0.2, 0.25) is 0 Å².